The maximum Gasteiger partial charge on any atom is 0.159 e. The van der Waals surface area contributed by atoms with Gasteiger partial charge in [-0.15, -0.1) is 0 Å². The highest BCUT2D eigenvalue weighted by molar-refractivity contribution is 5.81. The van der Waals surface area contributed by atoms with Gasteiger partial charge >= 0.3 is 0 Å². The van der Waals surface area contributed by atoms with E-state index in [1.165, 1.54) is 0 Å². The average Bonchev–Trinajstić information content (AvgIpc) is 2.60. The van der Waals surface area contributed by atoms with Crippen LogP contribution in [0.15, 0.2) is 6.33 Å². The van der Waals surface area contributed by atoms with Crippen molar-refractivity contribution >= 4 is 11.0 Å². The van der Waals surface area contributed by atoms with Gasteiger partial charge < -0.3 is 0 Å². The maximum atomic E-state index is 4.35. The molecule has 4 nitrogen and oxygen atoms in total. The van der Waals surface area contributed by atoms with Crippen molar-refractivity contribution in [3.63, 3.8) is 0 Å². The van der Waals surface area contributed by atoms with Gasteiger partial charge in [0.2, 0.25) is 0 Å². The van der Waals surface area contributed by atoms with Crippen LogP contribution in [0.5, 0.6) is 0 Å². The summed E-state index contributed by atoms with van der Waals surface area (Å²) in [4.78, 5) is 8.55. The van der Waals surface area contributed by atoms with E-state index in [2.05, 4.69) is 47.9 Å². The molecule has 0 radical (unpaired) electrons. The van der Waals surface area contributed by atoms with Gasteiger partial charge in [0.15, 0.2) is 5.65 Å². The molecule has 2 aromatic rings. The molecule has 0 spiro atoms. The summed E-state index contributed by atoms with van der Waals surface area (Å²) in [6.07, 6.45) is 1.60. The van der Waals surface area contributed by atoms with Crippen LogP contribution in [0.4, 0.5) is 0 Å². The Balaban J connectivity index is 2.75. The number of hydrogen-bond donors (Lipinski definition) is 1. The zero-order chi connectivity index (χ0) is 11.0. The predicted octanol–water partition coefficient (Wildman–Crippen LogP) is 2.60. The minimum Gasteiger partial charge on any atom is -0.260 e. The number of aromatic amines is 1. The molecule has 0 aliphatic heterocycles. The van der Waals surface area contributed by atoms with Crippen molar-refractivity contribution in [1.29, 1.82) is 0 Å². The monoisotopic (exact) mass is 204 g/mol. The van der Waals surface area contributed by atoms with Crippen molar-refractivity contribution in [1.82, 2.24) is 20.2 Å². The number of aromatic nitrogens is 4. The summed E-state index contributed by atoms with van der Waals surface area (Å²) >= 11 is 0. The Hall–Kier alpha value is -1.45. The average molecular weight is 204 g/mol. The zero-order valence-corrected chi connectivity index (χ0v) is 9.57. The van der Waals surface area contributed by atoms with Gasteiger partial charge in [0.05, 0.1) is 16.8 Å². The highest BCUT2D eigenvalue weighted by Crippen LogP contribution is 2.27. The van der Waals surface area contributed by atoms with Gasteiger partial charge in [-0.1, -0.05) is 27.7 Å². The van der Waals surface area contributed by atoms with E-state index in [9.17, 15) is 0 Å². The molecule has 0 aliphatic rings. The molecule has 0 fully saturated rings. The first-order valence-corrected chi connectivity index (χ1v) is 5.30. The summed E-state index contributed by atoms with van der Waals surface area (Å²) in [7, 11) is 0. The first-order valence-electron chi connectivity index (χ1n) is 5.30. The first kappa shape index (κ1) is 10.1. The third-order valence-corrected chi connectivity index (χ3v) is 2.51. The van der Waals surface area contributed by atoms with E-state index in [1.54, 1.807) is 6.33 Å². The van der Waals surface area contributed by atoms with Crippen LogP contribution in [0.25, 0.3) is 11.0 Å². The fourth-order valence-electron chi connectivity index (χ4n) is 1.76. The zero-order valence-electron chi connectivity index (χ0n) is 9.57. The van der Waals surface area contributed by atoms with Gasteiger partial charge in [-0.25, -0.2) is 9.97 Å². The van der Waals surface area contributed by atoms with Crippen LogP contribution >= 0.6 is 0 Å². The van der Waals surface area contributed by atoms with Gasteiger partial charge in [0, 0.05) is 0 Å². The van der Waals surface area contributed by atoms with Crippen LogP contribution in [-0.4, -0.2) is 20.2 Å². The Morgan fingerprint density at radius 1 is 1.00 bits per heavy atom. The second-order valence-corrected chi connectivity index (χ2v) is 4.40. The Morgan fingerprint density at radius 2 is 1.67 bits per heavy atom. The normalized spacial score (nSPS) is 11.9. The number of nitrogens with zero attached hydrogens (tertiary/aromatic N) is 3. The minimum atomic E-state index is 0.391. The Labute approximate surface area is 89.1 Å². The number of H-pyrrole nitrogens is 1. The predicted molar refractivity (Wildman–Crippen MR) is 59.9 cm³/mol. The molecule has 2 heterocycles. The number of rotatable bonds is 2. The molecule has 4 heteroatoms. The summed E-state index contributed by atoms with van der Waals surface area (Å²) in [6.45, 7) is 8.54. The minimum absolute atomic E-state index is 0.391. The highest BCUT2D eigenvalue weighted by Gasteiger charge is 2.16. The fraction of sp³-hybridized carbons (Fsp3) is 0.545. The molecule has 1 N–H and O–H groups in total. The topological polar surface area (TPSA) is 54.5 Å². The number of fused-ring (bicyclic) bond motifs is 1. The Kier molecular flexibility index (Phi) is 2.42. The van der Waals surface area contributed by atoms with Crippen LogP contribution in [0.3, 0.4) is 0 Å². The summed E-state index contributed by atoms with van der Waals surface area (Å²) < 4.78 is 0. The van der Waals surface area contributed by atoms with E-state index in [4.69, 9.17) is 0 Å². The lowest BCUT2D eigenvalue weighted by Crippen LogP contribution is -1.97. The van der Waals surface area contributed by atoms with Gasteiger partial charge in [-0.2, -0.15) is 5.10 Å². The quantitative estimate of drug-likeness (QED) is 0.818. The molecule has 2 aromatic heterocycles. The molecular formula is C11H16N4. The molecule has 0 aliphatic carbocycles. The van der Waals surface area contributed by atoms with Gasteiger partial charge in [0.25, 0.3) is 0 Å². The number of nitrogens with one attached hydrogen (secondary N) is 1. The van der Waals surface area contributed by atoms with Crippen LogP contribution in [0.2, 0.25) is 0 Å². The molecule has 0 unspecified atom stereocenters. The second kappa shape index (κ2) is 3.61. The molecule has 0 amide bonds. The molecule has 0 bridgehead atoms. The second-order valence-electron chi connectivity index (χ2n) is 4.40. The van der Waals surface area contributed by atoms with Crippen molar-refractivity contribution in [3.05, 3.63) is 17.7 Å². The molecular weight excluding hydrogens is 188 g/mol. The van der Waals surface area contributed by atoms with Crippen molar-refractivity contribution in [2.75, 3.05) is 0 Å². The first-order chi connectivity index (χ1) is 7.11. The van der Waals surface area contributed by atoms with Gasteiger partial charge in [-0.05, 0) is 11.8 Å². The standard InChI is InChI=1S/C11H16N4/c1-6(2)9-8-10(7(3)4)14-15-11(8)13-5-12-9/h5-7H,1-4H3,(H,12,13,14,15). The molecule has 15 heavy (non-hydrogen) atoms. The molecule has 0 saturated carbocycles. The van der Waals surface area contributed by atoms with E-state index >= 15 is 0 Å². The molecule has 0 aromatic carbocycles. The lowest BCUT2D eigenvalue weighted by atomic mass is 10.0. The van der Waals surface area contributed by atoms with E-state index in [1.807, 2.05) is 0 Å². The van der Waals surface area contributed by atoms with Crippen LogP contribution in [0, 0.1) is 0 Å². The molecule has 0 saturated heterocycles. The van der Waals surface area contributed by atoms with Crippen LogP contribution in [-0.2, 0) is 0 Å². The highest BCUT2D eigenvalue weighted by atomic mass is 15.2. The SMILES string of the molecule is CC(C)c1ncnc2[nH]nc(C(C)C)c12. The summed E-state index contributed by atoms with van der Waals surface area (Å²) in [5.74, 6) is 0.785. The van der Waals surface area contributed by atoms with E-state index in [-0.39, 0.29) is 0 Å². The summed E-state index contributed by atoms with van der Waals surface area (Å²) in [6, 6.07) is 0. The molecule has 80 valence electrons. The van der Waals surface area contributed by atoms with Crippen molar-refractivity contribution in [3.8, 4) is 0 Å². The van der Waals surface area contributed by atoms with Crippen molar-refractivity contribution < 1.29 is 0 Å². The maximum absolute atomic E-state index is 4.35. The fourth-order valence-corrected chi connectivity index (χ4v) is 1.76. The van der Waals surface area contributed by atoms with Crippen LogP contribution < -0.4 is 0 Å². The lowest BCUT2D eigenvalue weighted by molar-refractivity contribution is 0.803. The van der Waals surface area contributed by atoms with Gasteiger partial charge in [0.1, 0.15) is 6.33 Å². The smallest absolute Gasteiger partial charge is 0.159 e. The Morgan fingerprint density at radius 3 is 2.27 bits per heavy atom. The van der Waals surface area contributed by atoms with E-state index in [0.717, 1.165) is 22.4 Å². The third-order valence-electron chi connectivity index (χ3n) is 2.51. The number of hydrogen-bond acceptors (Lipinski definition) is 3. The lowest BCUT2D eigenvalue weighted by Gasteiger charge is -2.07. The van der Waals surface area contributed by atoms with E-state index in [0.29, 0.717) is 11.8 Å². The molecule has 2 rings (SSSR count). The summed E-state index contributed by atoms with van der Waals surface area (Å²) in [5.41, 5.74) is 2.99. The Bertz CT molecular complexity index is 470. The summed E-state index contributed by atoms with van der Waals surface area (Å²) in [5, 5.41) is 8.37. The van der Waals surface area contributed by atoms with Crippen molar-refractivity contribution in [2.24, 2.45) is 0 Å². The third kappa shape index (κ3) is 1.60. The largest absolute Gasteiger partial charge is 0.260 e. The molecule has 0 atom stereocenters. The van der Waals surface area contributed by atoms with Crippen LogP contribution in [0.1, 0.15) is 50.9 Å². The van der Waals surface area contributed by atoms with Gasteiger partial charge in [-0.3, -0.25) is 5.10 Å². The van der Waals surface area contributed by atoms with E-state index < -0.39 is 0 Å². The van der Waals surface area contributed by atoms with Crippen molar-refractivity contribution in [2.45, 2.75) is 39.5 Å².